The van der Waals surface area contributed by atoms with Crippen LogP contribution >= 0.6 is 0 Å². The van der Waals surface area contributed by atoms with Gasteiger partial charge in [-0.15, -0.1) is 0 Å². The molecule has 116 valence electrons. The first kappa shape index (κ1) is 14.8. The van der Waals surface area contributed by atoms with Gasteiger partial charge >= 0.3 is 0 Å². The predicted molar refractivity (Wildman–Crippen MR) is 83.2 cm³/mol. The Morgan fingerprint density at radius 2 is 2.23 bits per heavy atom. The molecule has 1 aliphatic heterocycles. The van der Waals surface area contributed by atoms with Gasteiger partial charge in [0.05, 0.1) is 25.6 Å². The second kappa shape index (κ2) is 6.75. The summed E-state index contributed by atoms with van der Waals surface area (Å²) in [5, 5.41) is 0. The number of pyridine rings is 1. The Hall–Kier alpha value is -2.14. The third-order valence-electron chi connectivity index (χ3n) is 3.91. The lowest BCUT2D eigenvalue weighted by atomic mass is 10.2. The van der Waals surface area contributed by atoms with Crippen molar-refractivity contribution in [3.8, 4) is 0 Å². The zero-order valence-electron chi connectivity index (χ0n) is 12.8. The molecule has 5 heteroatoms. The van der Waals surface area contributed by atoms with Crippen molar-refractivity contribution in [1.29, 1.82) is 0 Å². The maximum Gasteiger partial charge on any atom is 0.229 e. The lowest BCUT2D eigenvalue weighted by Crippen LogP contribution is -2.38. The molecule has 3 heterocycles. The highest BCUT2D eigenvalue weighted by Crippen LogP contribution is 2.16. The van der Waals surface area contributed by atoms with Crippen LogP contribution in [-0.2, 0) is 29.0 Å². The highest BCUT2D eigenvalue weighted by atomic mass is 16.5. The van der Waals surface area contributed by atoms with Crippen molar-refractivity contribution in [2.24, 2.45) is 0 Å². The third-order valence-corrected chi connectivity index (χ3v) is 3.91. The molecule has 1 amide bonds. The summed E-state index contributed by atoms with van der Waals surface area (Å²) in [5.74, 6) is 0.0954. The van der Waals surface area contributed by atoms with Crippen molar-refractivity contribution in [2.75, 3.05) is 13.2 Å². The molecule has 3 rings (SSSR count). The predicted octanol–water partition coefficient (Wildman–Crippen LogP) is 1.87. The van der Waals surface area contributed by atoms with Gasteiger partial charge in [0.1, 0.15) is 0 Å². The minimum Gasteiger partial charge on any atom is -0.375 e. The molecule has 2 aromatic heterocycles. The van der Waals surface area contributed by atoms with Gasteiger partial charge in [0.2, 0.25) is 5.91 Å². The SMILES string of the molecule is CCOC1CN(C(=O)Cc2ccccn2)Cc2cccn2C1. The number of aromatic nitrogens is 2. The van der Waals surface area contributed by atoms with E-state index in [0.29, 0.717) is 26.1 Å². The molecule has 0 N–H and O–H groups in total. The standard InChI is InChI=1S/C17H21N3O2/c1-2-22-16-12-19-9-5-7-15(19)11-20(13-16)17(21)10-14-6-3-4-8-18-14/h3-9,16H,2,10-13H2,1H3. The van der Waals surface area contributed by atoms with Gasteiger partial charge in [0.15, 0.2) is 0 Å². The number of ether oxygens (including phenoxy) is 1. The van der Waals surface area contributed by atoms with Crippen LogP contribution in [0.15, 0.2) is 42.7 Å². The van der Waals surface area contributed by atoms with Crippen LogP contribution in [0.3, 0.4) is 0 Å². The van der Waals surface area contributed by atoms with Crippen LogP contribution in [0.4, 0.5) is 0 Å². The van der Waals surface area contributed by atoms with E-state index in [1.807, 2.05) is 42.3 Å². The number of amides is 1. The molecule has 0 saturated heterocycles. The molecule has 5 nitrogen and oxygen atoms in total. The van der Waals surface area contributed by atoms with Crippen molar-refractivity contribution < 1.29 is 9.53 Å². The molecule has 1 unspecified atom stereocenters. The minimum atomic E-state index is 0.0336. The molecule has 22 heavy (non-hydrogen) atoms. The Morgan fingerprint density at radius 3 is 3.00 bits per heavy atom. The maximum absolute atomic E-state index is 12.6. The molecule has 0 spiro atoms. The molecular formula is C17H21N3O2. The highest BCUT2D eigenvalue weighted by Gasteiger charge is 2.25. The quantitative estimate of drug-likeness (QED) is 0.866. The van der Waals surface area contributed by atoms with Crippen molar-refractivity contribution in [1.82, 2.24) is 14.5 Å². The van der Waals surface area contributed by atoms with E-state index in [1.165, 1.54) is 0 Å². The summed E-state index contributed by atoms with van der Waals surface area (Å²) in [6, 6.07) is 9.74. The molecule has 1 atom stereocenters. The van der Waals surface area contributed by atoms with Crippen molar-refractivity contribution in [2.45, 2.75) is 32.5 Å². The van der Waals surface area contributed by atoms with Crippen molar-refractivity contribution in [3.63, 3.8) is 0 Å². The Morgan fingerprint density at radius 1 is 1.32 bits per heavy atom. The largest absolute Gasteiger partial charge is 0.375 e. The van der Waals surface area contributed by atoms with E-state index >= 15 is 0 Å². The minimum absolute atomic E-state index is 0.0336. The van der Waals surface area contributed by atoms with Crippen LogP contribution in [-0.4, -0.2) is 39.6 Å². The van der Waals surface area contributed by atoms with Gasteiger partial charge in [0, 0.05) is 36.9 Å². The number of fused-ring (bicyclic) bond motifs is 1. The monoisotopic (exact) mass is 299 g/mol. The van der Waals surface area contributed by atoms with E-state index in [2.05, 4.69) is 15.6 Å². The van der Waals surface area contributed by atoms with Gasteiger partial charge in [-0.3, -0.25) is 9.78 Å². The number of carbonyl (C=O) groups excluding carboxylic acids is 1. The summed E-state index contributed by atoms with van der Waals surface area (Å²) >= 11 is 0. The van der Waals surface area contributed by atoms with Gasteiger partial charge in [-0.25, -0.2) is 0 Å². The first-order valence-electron chi connectivity index (χ1n) is 7.69. The summed E-state index contributed by atoms with van der Waals surface area (Å²) in [7, 11) is 0. The number of rotatable bonds is 4. The molecule has 0 radical (unpaired) electrons. The summed E-state index contributed by atoms with van der Waals surface area (Å²) in [6.07, 6.45) is 4.14. The average Bonchev–Trinajstić information content (AvgIpc) is 2.87. The summed E-state index contributed by atoms with van der Waals surface area (Å²) < 4.78 is 7.96. The van der Waals surface area contributed by atoms with E-state index in [0.717, 1.165) is 17.9 Å². The number of hydrogen-bond acceptors (Lipinski definition) is 3. The lowest BCUT2D eigenvalue weighted by Gasteiger charge is -2.24. The number of nitrogens with zero attached hydrogens (tertiary/aromatic N) is 3. The van der Waals surface area contributed by atoms with Gasteiger partial charge in [-0.2, -0.15) is 0 Å². The zero-order valence-corrected chi connectivity index (χ0v) is 12.8. The van der Waals surface area contributed by atoms with Crippen LogP contribution in [0.2, 0.25) is 0 Å². The molecule has 2 aromatic rings. The Kier molecular flexibility index (Phi) is 4.53. The lowest BCUT2D eigenvalue weighted by molar-refractivity contribution is -0.133. The first-order chi connectivity index (χ1) is 10.8. The van der Waals surface area contributed by atoms with Gasteiger partial charge in [-0.05, 0) is 31.2 Å². The van der Waals surface area contributed by atoms with E-state index in [9.17, 15) is 4.79 Å². The fourth-order valence-corrected chi connectivity index (χ4v) is 2.85. The van der Waals surface area contributed by atoms with E-state index in [1.54, 1.807) is 6.20 Å². The van der Waals surface area contributed by atoms with Gasteiger partial charge in [0.25, 0.3) is 0 Å². The molecule has 0 saturated carbocycles. The summed E-state index contributed by atoms with van der Waals surface area (Å²) in [6.45, 7) is 4.69. The number of hydrogen-bond donors (Lipinski definition) is 0. The molecular weight excluding hydrogens is 278 g/mol. The van der Waals surface area contributed by atoms with Crippen LogP contribution < -0.4 is 0 Å². The molecule has 0 bridgehead atoms. The van der Waals surface area contributed by atoms with Gasteiger partial charge < -0.3 is 14.2 Å². The normalized spacial score (nSPS) is 17.9. The fourth-order valence-electron chi connectivity index (χ4n) is 2.85. The van der Waals surface area contributed by atoms with E-state index < -0.39 is 0 Å². The van der Waals surface area contributed by atoms with E-state index in [4.69, 9.17) is 4.74 Å². The van der Waals surface area contributed by atoms with Crippen LogP contribution in [0, 0.1) is 0 Å². The zero-order chi connectivity index (χ0) is 15.4. The topological polar surface area (TPSA) is 47.4 Å². The van der Waals surface area contributed by atoms with Crippen LogP contribution in [0.1, 0.15) is 18.3 Å². The Labute approximate surface area is 130 Å². The van der Waals surface area contributed by atoms with Crippen LogP contribution in [0.5, 0.6) is 0 Å². The fraction of sp³-hybridized carbons (Fsp3) is 0.412. The number of carbonyl (C=O) groups is 1. The first-order valence-corrected chi connectivity index (χ1v) is 7.69. The van der Waals surface area contributed by atoms with Gasteiger partial charge in [-0.1, -0.05) is 6.07 Å². The average molecular weight is 299 g/mol. The Balaban J connectivity index is 1.75. The summed E-state index contributed by atoms with van der Waals surface area (Å²) in [4.78, 5) is 18.7. The molecule has 1 aliphatic rings. The second-order valence-corrected chi connectivity index (χ2v) is 5.50. The third kappa shape index (κ3) is 3.36. The van der Waals surface area contributed by atoms with Crippen molar-refractivity contribution in [3.05, 3.63) is 54.1 Å². The van der Waals surface area contributed by atoms with Crippen molar-refractivity contribution >= 4 is 5.91 Å². The van der Waals surface area contributed by atoms with Crippen LogP contribution in [0.25, 0.3) is 0 Å². The Bertz CT molecular complexity index is 624. The molecule has 0 aromatic carbocycles. The highest BCUT2D eigenvalue weighted by molar-refractivity contribution is 5.78. The molecule has 0 fully saturated rings. The maximum atomic E-state index is 12.6. The summed E-state index contributed by atoms with van der Waals surface area (Å²) in [5.41, 5.74) is 1.96. The second-order valence-electron chi connectivity index (χ2n) is 5.50. The molecule has 0 aliphatic carbocycles. The smallest absolute Gasteiger partial charge is 0.229 e. The van der Waals surface area contributed by atoms with E-state index in [-0.39, 0.29) is 12.0 Å².